The number of carbonyl (C=O) groups is 2. The Bertz CT molecular complexity index is 1030. The molecule has 2 aromatic rings. The molecule has 8 nitrogen and oxygen atoms in total. The van der Waals surface area contributed by atoms with Crippen LogP contribution in [0, 0.1) is 5.92 Å². The normalized spacial score (nSPS) is 18.2. The van der Waals surface area contributed by atoms with Crippen LogP contribution in [0.25, 0.3) is 0 Å². The zero-order valence-electron chi connectivity index (χ0n) is 22.4. The number of aliphatic hydroxyl groups excluding tert-OH is 1. The van der Waals surface area contributed by atoms with E-state index in [1.807, 2.05) is 19.1 Å². The minimum atomic E-state index is -0.903. The second-order valence-electron chi connectivity index (χ2n) is 9.97. The minimum absolute atomic E-state index is 0.0800. The number of carbonyl (C=O) groups excluding carboxylic acids is 2. The maximum atomic E-state index is 13.4. The van der Waals surface area contributed by atoms with E-state index in [-0.39, 0.29) is 24.2 Å². The Morgan fingerprint density at radius 1 is 1.22 bits per heavy atom. The number of amides is 2. The third kappa shape index (κ3) is 9.04. The van der Waals surface area contributed by atoms with Crippen molar-refractivity contribution in [3.05, 3.63) is 53.1 Å². The lowest BCUT2D eigenvalue weighted by Crippen LogP contribution is -2.46. The summed E-state index contributed by atoms with van der Waals surface area (Å²) < 4.78 is 5.32. The Labute approximate surface area is 220 Å². The molecule has 8 heteroatoms. The van der Waals surface area contributed by atoms with Crippen LogP contribution in [0.1, 0.15) is 73.9 Å². The molecule has 3 rings (SSSR count). The number of methoxy groups -OCH3 is 1. The molecule has 0 radical (unpaired) electrons. The number of pyridine rings is 1. The molecule has 4 bridgehead atoms. The van der Waals surface area contributed by atoms with Gasteiger partial charge in [0.2, 0.25) is 11.8 Å². The van der Waals surface area contributed by atoms with Gasteiger partial charge in [-0.1, -0.05) is 51.0 Å². The van der Waals surface area contributed by atoms with E-state index in [2.05, 4.69) is 40.0 Å². The Morgan fingerprint density at radius 3 is 2.81 bits per heavy atom. The van der Waals surface area contributed by atoms with E-state index >= 15 is 0 Å². The van der Waals surface area contributed by atoms with Crippen molar-refractivity contribution in [2.24, 2.45) is 5.92 Å². The summed E-state index contributed by atoms with van der Waals surface area (Å²) in [7, 11) is 1.52. The number of hydrogen-bond donors (Lipinski definition) is 4. The number of rotatable bonds is 8. The van der Waals surface area contributed by atoms with Gasteiger partial charge in [-0.3, -0.25) is 9.59 Å². The van der Waals surface area contributed by atoms with Crippen LogP contribution in [0.4, 0.5) is 5.82 Å². The SMILES string of the molecule is CCCCNC(=O)[C@H](C)C[C@H](O)[C@@H]1Cc2cccc(c2)CCCCCNc2cc(cc(OC)n2)C(=O)N1. The lowest BCUT2D eigenvalue weighted by Gasteiger charge is -2.27. The van der Waals surface area contributed by atoms with Crippen molar-refractivity contribution in [3.63, 3.8) is 0 Å². The number of aryl methyl sites for hydroxylation is 1. The molecular formula is C29H42N4O4. The summed E-state index contributed by atoms with van der Waals surface area (Å²) in [5.74, 6) is 0.140. The van der Waals surface area contributed by atoms with E-state index in [0.717, 1.165) is 50.6 Å². The molecule has 0 fully saturated rings. The van der Waals surface area contributed by atoms with Crippen molar-refractivity contribution in [2.75, 3.05) is 25.5 Å². The molecule has 37 heavy (non-hydrogen) atoms. The predicted molar refractivity (Wildman–Crippen MR) is 146 cm³/mol. The van der Waals surface area contributed by atoms with Crippen LogP contribution in [0.15, 0.2) is 36.4 Å². The quantitative estimate of drug-likeness (QED) is 0.401. The number of nitrogens with zero attached hydrogens (tertiary/aromatic N) is 1. The van der Waals surface area contributed by atoms with E-state index in [4.69, 9.17) is 4.74 Å². The molecule has 1 aliphatic rings. The van der Waals surface area contributed by atoms with Gasteiger partial charge in [-0.15, -0.1) is 0 Å². The number of anilines is 1. The van der Waals surface area contributed by atoms with Crippen LogP contribution in [-0.2, 0) is 17.6 Å². The first-order chi connectivity index (χ1) is 17.9. The van der Waals surface area contributed by atoms with Gasteiger partial charge in [-0.05, 0) is 55.7 Å². The molecule has 0 unspecified atom stereocenters. The second kappa shape index (κ2) is 14.6. The van der Waals surface area contributed by atoms with Crippen molar-refractivity contribution in [3.8, 4) is 5.88 Å². The monoisotopic (exact) mass is 510 g/mol. The number of ether oxygens (including phenoxy) is 1. The number of unbranched alkanes of at least 4 members (excludes halogenated alkanes) is 1. The van der Waals surface area contributed by atoms with Gasteiger partial charge in [0, 0.05) is 30.6 Å². The average Bonchev–Trinajstić information content (AvgIpc) is 2.89. The Morgan fingerprint density at radius 2 is 2.03 bits per heavy atom. The summed E-state index contributed by atoms with van der Waals surface area (Å²) in [6.45, 7) is 5.27. The first kappa shape index (κ1) is 28.4. The maximum absolute atomic E-state index is 13.4. The van der Waals surface area contributed by atoms with E-state index in [1.54, 1.807) is 12.1 Å². The standard InChI is InChI=1S/C29H42N4O4/c1-4-5-13-31-28(35)20(2)15-25(34)24-17-22-12-9-11-21(16-22)10-7-6-8-14-30-26-18-23(29(36)32-24)19-27(33-26)37-3/h9,11-12,16,18-20,24-25,34H,4-8,10,13-15,17H2,1-3H3,(H,30,33)(H,31,35)(H,32,36)/t20-,24+,25+/m1/s1. The molecular weight excluding hydrogens is 468 g/mol. The first-order valence-electron chi connectivity index (χ1n) is 13.5. The van der Waals surface area contributed by atoms with Crippen LogP contribution >= 0.6 is 0 Å². The highest BCUT2D eigenvalue weighted by molar-refractivity contribution is 5.95. The van der Waals surface area contributed by atoms with Gasteiger partial charge in [-0.25, -0.2) is 0 Å². The molecule has 0 spiro atoms. The summed E-state index contributed by atoms with van der Waals surface area (Å²) in [6.07, 6.45) is 5.85. The highest BCUT2D eigenvalue weighted by Crippen LogP contribution is 2.20. The largest absolute Gasteiger partial charge is 0.481 e. The van der Waals surface area contributed by atoms with Crippen LogP contribution in [0.3, 0.4) is 0 Å². The number of hydrogen-bond acceptors (Lipinski definition) is 6. The molecule has 1 aromatic carbocycles. The molecule has 0 saturated heterocycles. The van der Waals surface area contributed by atoms with Gasteiger partial charge >= 0.3 is 0 Å². The van der Waals surface area contributed by atoms with Crippen molar-refractivity contribution in [1.82, 2.24) is 15.6 Å². The Kier molecular flexibility index (Phi) is 11.2. The molecule has 2 heterocycles. The molecule has 0 aliphatic carbocycles. The number of nitrogens with one attached hydrogen (secondary N) is 3. The van der Waals surface area contributed by atoms with Gasteiger partial charge in [0.15, 0.2) is 0 Å². The fraction of sp³-hybridized carbons (Fsp3) is 0.552. The minimum Gasteiger partial charge on any atom is -0.481 e. The average molecular weight is 511 g/mol. The van der Waals surface area contributed by atoms with Crippen LogP contribution < -0.4 is 20.7 Å². The zero-order valence-corrected chi connectivity index (χ0v) is 22.4. The van der Waals surface area contributed by atoms with Crippen molar-refractivity contribution >= 4 is 17.6 Å². The third-order valence-electron chi connectivity index (χ3n) is 6.82. The molecule has 2 amide bonds. The molecule has 1 aliphatic heterocycles. The molecule has 0 saturated carbocycles. The third-order valence-corrected chi connectivity index (χ3v) is 6.82. The summed E-state index contributed by atoms with van der Waals surface area (Å²) in [6, 6.07) is 11.1. The fourth-order valence-corrected chi connectivity index (χ4v) is 4.58. The number of fused-ring (bicyclic) bond motifs is 4. The van der Waals surface area contributed by atoms with Crippen molar-refractivity contribution < 1.29 is 19.4 Å². The van der Waals surface area contributed by atoms with Crippen LogP contribution in [0.5, 0.6) is 5.88 Å². The highest BCUT2D eigenvalue weighted by atomic mass is 16.5. The van der Waals surface area contributed by atoms with Crippen molar-refractivity contribution in [2.45, 2.75) is 77.4 Å². The first-order valence-corrected chi connectivity index (χ1v) is 13.5. The van der Waals surface area contributed by atoms with Crippen LogP contribution in [0.2, 0.25) is 0 Å². The molecule has 4 N–H and O–H groups in total. The smallest absolute Gasteiger partial charge is 0.251 e. The number of benzene rings is 1. The predicted octanol–water partition coefficient (Wildman–Crippen LogP) is 3.87. The van der Waals surface area contributed by atoms with Gasteiger partial charge in [-0.2, -0.15) is 4.98 Å². The van der Waals surface area contributed by atoms with E-state index in [1.165, 1.54) is 12.7 Å². The summed E-state index contributed by atoms with van der Waals surface area (Å²) in [5, 5.41) is 20.5. The molecule has 1 aromatic heterocycles. The van der Waals surface area contributed by atoms with Crippen molar-refractivity contribution in [1.29, 1.82) is 0 Å². The summed E-state index contributed by atoms with van der Waals surface area (Å²) in [4.78, 5) is 30.3. The maximum Gasteiger partial charge on any atom is 0.251 e. The number of aromatic nitrogens is 1. The van der Waals surface area contributed by atoms with Gasteiger partial charge in [0.25, 0.3) is 5.91 Å². The summed E-state index contributed by atoms with van der Waals surface area (Å²) >= 11 is 0. The van der Waals surface area contributed by atoms with Gasteiger partial charge < -0.3 is 25.8 Å². The Balaban J connectivity index is 1.84. The van der Waals surface area contributed by atoms with E-state index in [0.29, 0.717) is 30.2 Å². The summed E-state index contributed by atoms with van der Waals surface area (Å²) in [5.41, 5.74) is 2.69. The van der Waals surface area contributed by atoms with E-state index < -0.39 is 12.1 Å². The fourth-order valence-electron chi connectivity index (χ4n) is 4.58. The second-order valence-corrected chi connectivity index (χ2v) is 9.97. The Hall–Kier alpha value is -3.13. The van der Waals surface area contributed by atoms with Gasteiger partial charge in [0.05, 0.1) is 19.3 Å². The zero-order chi connectivity index (χ0) is 26.6. The van der Waals surface area contributed by atoms with Gasteiger partial charge in [0.1, 0.15) is 5.82 Å². The topological polar surface area (TPSA) is 113 Å². The van der Waals surface area contributed by atoms with Crippen LogP contribution in [-0.4, -0.2) is 54.2 Å². The number of aliphatic hydroxyl groups is 1. The lowest BCUT2D eigenvalue weighted by molar-refractivity contribution is -0.125. The molecule has 3 atom stereocenters. The highest BCUT2D eigenvalue weighted by Gasteiger charge is 2.27. The molecule has 202 valence electrons. The van der Waals surface area contributed by atoms with E-state index in [9.17, 15) is 14.7 Å². The lowest BCUT2D eigenvalue weighted by atomic mass is 9.92.